The zero-order valence-corrected chi connectivity index (χ0v) is 13.1. The largest absolute Gasteiger partial charge is 0.295 e. The molecule has 0 spiro atoms. The van der Waals surface area contributed by atoms with Gasteiger partial charge in [0.15, 0.2) is 0 Å². The van der Waals surface area contributed by atoms with E-state index in [4.69, 9.17) is 23.2 Å². The average molecular weight is 342 g/mol. The Balaban J connectivity index is 2.01. The van der Waals surface area contributed by atoms with Crippen molar-refractivity contribution < 1.29 is 9.18 Å². The van der Waals surface area contributed by atoms with Crippen molar-refractivity contribution in [2.45, 2.75) is 5.37 Å². The van der Waals surface area contributed by atoms with Crippen molar-refractivity contribution in [3.8, 4) is 0 Å². The summed E-state index contributed by atoms with van der Waals surface area (Å²) in [5.74, 6) is -0.168. The third-order valence-corrected chi connectivity index (χ3v) is 4.92. The smallest absolute Gasteiger partial charge is 0.238 e. The maximum Gasteiger partial charge on any atom is 0.238 e. The average Bonchev–Trinajstić information content (AvgIpc) is 2.84. The number of hydrogen-bond acceptors (Lipinski definition) is 2. The quantitative estimate of drug-likeness (QED) is 0.773. The fourth-order valence-corrected chi connectivity index (χ4v) is 3.79. The van der Waals surface area contributed by atoms with Crippen molar-refractivity contribution >= 4 is 46.6 Å². The van der Waals surface area contributed by atoms with E-state index in [2.05, 4.69) is 0 Å². The highest BCUT2D eigenvalue weighted by molar-refractivity contribution is 8.00. The summed E-state index contributed by atoms with van der Waals surface area (Å²) in [6, 6.07) is 11.7. The minimum Gasteiger partial charge on any atom is -0.295 e. The Bertz CT molecular complexity index is 710. The van der Waals surface area contributed by atoms with Gasteiger partial charge in [-0.25, -0.2) is 4.39 Å². The molecule has 1 unspecified atom stereocenters. The molecule has 6 heteroatoms. The minimum absolute atomic E-state index is 0.00189. The third-order valence-electron chi connectivity index (χ3n) is 3.18. The Morgan fingerprint density at radius 3 is 2.71 bits per heavy atom. The molecule has 0 radical (unpaired) electrons. The molecule has 108 valence electrons. The summed E-state index contributed by atoms with van der Waals surface area (Å²) in [4.78, 5) is 13.8. The van der Waals surface area contributed by atoms with Gasteiger partial charge < -0.3 is 0 Å². The molecule has 21 heavy (non-hydrogen) atoms. The molecule has 1 fully saturated rings. The van der Waals surface area contributed by atoms with Gasteiger partial charge in [-0.15, -0.1) is 11.8 Å². The number of nitrogens with zero attached hydrogens (tertiary/aromatic N) is 1. The van der Waals surface area contributed by atoms with Crippen molar-refractivity contribution in [1.29, 1.82) is 0 Å². The van der Waals surface area contributed by atoms with Gasteiger partial charge in [0, 0.05) is 10.7 Å². The second-order valence-corrected chi connectivity index (χ2v) is 6.49. The van der Waals surface area contributed by atoms with Crippen molar-refractivity contribution in [1.82, 2.24) is 0 Å². The topological polar surface area (TPSA) is 20.3 Å². The summed E-state index contributed by atoms with van der Waals surface area (Å²) in [5.41, 5.74) is 1.51. The van der Waals surface area contributed by atoms with Crippen LogP contribution in [0.25, 0.3) is 0 Å². The van der Waals surface area contributed by atoms with Crippen molar-refractivity contribution in [3.63, 3.8) is 0 Å². The number of carbonyl (C=O) groups is 1. The van der Waals surface area contributed by atoms with Crippen LogP contribution in [-0.2, 0) is 4.79 Å². The summed E-state index contributed by atoms with van der Waals surface area (Å²) in [7, 11) is 0. The van der Waals surface area contributed by atoms with Gasteiger partial charge in [0.25, 0.3) is 0 Å². The molecule has 1 heterocycles. The molecule has 2 nitrogen and oxygen atoms in total. The van der Waals surface area contributed by atoms with E-state index in [-0.39, 0.29) is 16.3 Å². The molecule has 0 bridgehead atoms. The number of amides is 1. The number of carbonyl (C=O) groups excluding carboxylic acids is 1. The Morgan fingerprint density at radius 1 is 1.19 bits per heavy atom. The summed E-state index contributed by atoms with van der Waals surface area (Å²) < 4.78 is 13.3. The first-order valence-electron chi connectivity index (χ1n) is 6.20. The number of hydrogen-bond donors (Lipinski definition) is 0. The SMILES string of the molecule is O=C1CSC(c2cccc(Cl)c2)N1c1ccc(F)c(Cl)c1. The first kappa shape index (κ1) is 14.7. The first-order valence-corrected chi connectivity index (χ1v) is 8.01. The Kier molecular flexibility index (Phi) is 4.11. The van der Waals surface area contributed by atoms with Gasteiger partial charge in [-0.3, -0.25) is 9.69 Å². The van der Waals surface area contributed by atoms with Crippen LogP contribution in [0.3, 0.4) is 0 Å². The van der Waals surface area contributed by atoms with Crippen LogP contribution >= 0.6 is 35.0 Å². The molecule has 1 atom stereocenters. The van der Waals surface area contributed by atoms with Crippen LogP contribution in [0.4, 0.5) is 10.1 Å². The highest BCUT2D eigenvalue weighted by Gasteiger charge is 2.34. The number of benzene rings is 2. The van der Waals surface area contributed by atoms with E-state index < -0.39 is 5.82 Å². The van der Waals surface area contributed by atoms with E-state index in [9.17, 15) is 9.18 Å². The monoisotopic (exact) mass is 341 g/mol. The summed E-state index contributed by atoms with van der Waals surface area (Å²) in [6.07, 6.45) is 0. The molecular formula is C15H10Cl2FNOS. The lowest BCUT2D eigenvalue weighted by molar-refractivity contribution is -0.115. The molecule has 1 amide bonds. The summed E-state index contributed by atoms with van der Waals surface area (Å²) >= 11 is 13.3. The standard InChI is InChI=1S/C15H10Cl2FNOS/c16-10-3-1-2-9(6-10)15-19(14(20)8-21-15)11-4-5-13(18)12(17)7-11/h1-7,15H,8H2. The molecule has 0 aliphatic carbocycles. The normalized spacial score (nSPS) is 18.3. The number of halogens is 3. The zero-order chi connectivity index (χ0) is 15.0. The Labute approximate surface area is 135 Å². The van der Waals surface area contributed by atoms with Gasteiger partial charge in [0.2, 0.25) is 5.91 Å². The van der Waals surface area contributed by atoms with Gasteiger partial charge in [0.1, 0.15) is 11.2 Å². The van der Waals surface area contributed by atoms with E-state index >= 15 is 0 Å². The fraction of sp³-hybridized carbons (Fsp3) is 0.133. The van der Waals surface area contributed by atoms with Gasteiger partial charge in [0.05, 0.1) is 10.8 Å². The Morgan fingerprint density at radius 2 is 2.00 bits per heavy atom. The van der Waals surface area contributed by atoms with E-state index in [1.807, 2.05) is 18.2 Å². The lowest BCUT2D eigenvalue weighted by Gasteiger charge is -2.24. The molecule has 3 rings (SSSR count). The number of anilines is 1. The Hall–Kier alpha value is -1.23. The molecule has 2 aromatic rings. The third kappa shape index (κ3) is 2.89. The molecule has 1 saturated heterocycles. The molecule has 0 aromatic heterocycles. The second-order valence-electron chi connectivity index (χ2n) is 4.58. The lowest BCUT2D eigenvalue weighted by atomic mass is 10.2. The van der Waals surface area contributed by atoms with Gasteiger partial charge >= 0.3 is 0 Å². The molecule has 1 aliphatic rings. The van der Waals surface area contributed by atoms with E-state index in [0.717, 1.165) is 5.56 Å². The lowest BCUT2D eigenvalue weighted by Crippen LogP contribution is -2.27. The number of thioether (sulfide) groups is 1. The van der Waals surface area contributed by atoms with Crippen LogP contribution in [0.5, 0.6) is 0 Å². The van der Waals surface area contributed by atoms with E-state index in [0.29, 0.717) is 16.5 Å². The van der Waals surface area contributed by atoms with Crippen LogP contribution in [0.15, 0.2) is 42.5 Å². The van der Waals surface area contributed by atoms with Crippen LogP contribution in [-0.4, -0.2) is 11.7 Å². The van der Waals surface area contributed by atoms with Gasteiger partial charge in [-0.2, -0.15) is 0 Å². The molecule has 0 N–H and O–H groups in total. The molecule has 0 saturated carbocycles. The van der Waals surface area contributed by atoms with Gasteiger partial charge in [-0.1, -0.05) is 35.3 Å². The molecular weight excluding hydrogens is 332 g/mol. The highest BCUT2D eigenvalue weighted by Crippen LogP contribution is 2.42. The van der Waals surface area contributed by atoms with Crippen LogP contribution < -0.4 is 4.90 Å². The van der Waals surface area contributed by atoms with E-state index in [1.54, 1.807) is 17.0 Å². The second kappa shape index (κ2) is 5.87. The highest BCUT2D eigenvalue weighted by atomic mass is 35.5. The predicted molar refractivity (Wildman–Crippen MR) is 85.5 cm³/mol. The number of rotatable bonds is 2. The van der Waals surface area contributed by atoms with Crippen LogP contribution in [0.1, 0.15) is 10.9 Å². The minimum atomic E-state index is -0.501. The maximum absolute atomic E-state index is 13.3. The summed E-state index contributed by atoms with van der Waals surface area (Å²) in [5, 5.41) is 0.435. The van der Waals surface area contributed by atoms with Crippen LogP contribution in [0.2, 0.25) is 10.0 Å². The first-order chi connectivity index (χ1) is 10.1. The van der Waals surface area contributed by atoms with E-state index in [1.165, 1.54) is 23.9 Å². The van der Waals surface area contributed by atoms with Gasteiger partial charge in [-0.05, 0) is 35.9 Å². The summed E-state index contributed by atoms with van der Waals surface area (Å²) in [6.45, 7) is 0. The van der Waals surface area contributed by atoms with Crippen molar-refractivity contribution in [2.24, 2.45) is 0 Å². The van der Waals surface area contributed by atoms with Crippen molar-refractivity contribution in [3.05, 3.63) is 63.9 Å². The fourth-order valence-electron chi connectivity index (χ4n) is 2.24. The molecule has 2 aromatic carbocycles. The predicted octanol–water partition coefficient (Wildman–Crippen LogP) is 4.91. The zero-order valence-electron chi connectivity index (χ0n) is 10.7. The van der Waals surface area contributed by atoms with Crippen molar-refractivity contribution in [2.75, 3.05) is 10.7 Å². The van der Waals surface area contributed by atoms with Crippen LogP contribution in [0, 0.1) is 5.82 Å². The maximum atomic E-state index is 13.3. The molecule has 1 aliphatic heterocycles.